The summed E-state index contributed by atoms with van der Waals surface area (Å²) in [5.74, 6) is 2.66. The monoisotopic (exact) mass is 236 g/mol. The Morgan fingerprint density at radius 2 is 2.29 bits per heavy atom. The van der Waals surface area contributed by atoms with Crippen LogP contribution in [0.1, 0.15) is 33.1 Å². The van der Waals surface area contributed by atoms with E-state index in [1.165, 1.54) is 0 Å². The Hall–Kier alpha value is -1.50. The number of nitrogens with one attached hydrogen (secondary N) is 1. The maximum Gasteiger partial charge on any atom is 0.245 e. The van der Waals surface area contributed by atoms with Gasteiger partial charge in [-0.1, -0.05) is 20.3 Å². The van der Waals surface area contributed by atoms with Gasteiger partial charge in [0.1, 0.15) is 6.04 Å². The SMILES string of the molecule is C#CCCCN1CC(=O)NC(C(C)CC)C1=O. The second kappa shape index (κ2) is 6.29. The predicted molar refractivity (Wildman–Crippen MR) is 66.0 cm³/mol. The molecule has 4 heteroatoms. The van der Waals surface area contributed by atoms with Crippen molar-refractivity contribution in [2.75, 3.05) is 13.1 Å². The molecule has 2 amide bonds. The summed E-state index contributed by atoms with van der Waals surface area (Å²) < 4.78 is 0. The number of carbonyl (C=O) groups excluding carboxylic acids is 2. The van der Waals surface area contributed by atoms with Gasteiger partial charge in [0.15, 0.2) is 0 Å². The van der Waals surface area contributed by atoms with Crippen LogP contribution in [-0.4, -0.2) is 35.8 Å². The molecule has 0 radical (unpaired) electrons. The van der Waals surface area contributed by atoms with Crippen molar-refractivity contribution in [2.24, 2.45) is 5.92 Å². The maximum atomic E-state index is 12.1. The number of terminal acetylenes is 1. The number of amides is 2. The van der Waals surface area contributed by atoms with E-state index >= 15 is 0 Å². The Balaban J connectivity index is 2.62. The first-order chi connectivity index (χ1) is 8.10. The summed E-state index contributed by atoms with van der Waals surface area (Å²) in [6.07, 6.45) is 7.43. The highest BCUT2D eigenvalue weighted by molar-refractivity contribution is 5.94. The molecule has 2 atom stereocenters. The zero-order valence-corrected chi connectivity index (χ0v) is 10.5. The average Bonchev–Trinajstić information content (AvgIpc) is 2.32. The first-order valence-corrected chi connectivity index (χ1v) is 6.11. The molecule has 1 heterocycles. The Labute approximate surface area is 103 Å². The molecule has 4 nitrogen and oxygen atoms in total. The lowest BCUT2D eigenvalue weighted by Gasteiger charge is -2.35. The molecule has 2 unspecified atom stereocenters. The normalized spacial score (nSPS) is 21.9. The fourth-order valence-electron chi connectivity index (χ4n) is 1.91. The molecule has 0 aromatic carbocycles. The third kappa shape index (κ3) is 3.48. The van der Waals surface area contributed by atoms with Crippen molar-refractivity contribution in [1.29, 1.82) is 0 Å². The summed E-state index contributed by atoms with van der Waals surface area (Å²) in [4.78, 5) is 25.3. The van der Waals surface area contributed by atoms with Gasteiger partial charge in [-0.2, -0.15) is 0 Å². The molecule has 0 saturated carbocycles. The maximum absolute atomic E-state index is 12.1. The summed E-state index contributed by atoms with van der Waals surface area (Å²) in [5.41, 5.74) is 0. The molecule has 1 saturated heterocycles. The van der Waals surface area contributed by atoms with E-state index in [1.807, 2.05) is 13.8 Å². The van der Waals surface area contributed by atoms with Crippen LogP contribution in [0.3, 0.4) is 0 Å². The molecule has 0 aliphatic carbocycles. The summed E-state index contributed by atoms with van der Waals surface area (Å²) in [6.45, 7) is 4.73. The van der Waals surface area contributed by atoms with Gasteiger partial charge < -0.3 is 10.2 Å². The van der Waals surface area contributed by atoms with Gasteiger partial charge in [0, 0.05) is 13.0 Å². The van der Waals surface area contributed by atoms with Crippen LogP contribution in [-0.2, 0) is 9.59 Å². The second-order valence-corrected chi connectivity index (χ2v) is 4.50. The molecule has 1 aliphatic heterocycles. The zero-order valence-electron chi connectivity index (χ0n) is 10.5. The average molecular weight is 236 g/mol. The van der Waals surface area contributed by atoms with Crippen LogP contribution in [0.2, 0.25) is 0 Å². The van der Waals surface area contributed by atoms with Gasteiger partial charge in [-0.15, -0.1) is 12.3 Å². The van der Waals surface area contributed by atoms with Gasteiger partial charge >= 0.3 is 0 Å². The van der Waals surface area contributed by atoms with Crippen LogP contribution >= 0.6 is 0 Å². The van der Waals surface area contributed by atoms with Crippen molar-refractivity contribution in [3.63, 3.8) is 0 Å². The van der Waals surface area contributed by atoms with Crippen molar-refractivity contribution in [3.05, 3.63) is 0 Å². The topological polar surface area (TPSA) is 49.4 Å². The number of hydrogen-bond donors (Lipinski definition) is 1. The van der Waals surface area contributed by atoms with Crippen molar-refractivity contribution in [3.8, 4) is 12.3 Å². The van der Waals surface area contributed by atoms with Crippen molar-refractivity contribution in [2.45, 2.75) is 39.2 Å². The molecule has 0 spiro atoms. The van der Waals surface area contributed by atoms with Gasteiger partial charge in [0.2, 0.25) is 11.8 Å². The number of nitrogens with zero attached hydrogens (tertiary/aromatic N) is 1. The quantitative estimate of drug-likeness (QED) is 0.566. The van der Waals surface area contributed by atoms with Crippen molar-refractivity contribution in [1.82, 2.24) is 10.2 Å². The minimum absolute atomic E-state index is 0.0240. The minimum Gasteiger partial charge on any atom is -0.342 e. The highest BCUT2D eigenvalue weighted by Crippen LogP contribution is 2.14. The van der Waals surface area contributed by atoms with Crippen molar-refractivity contribution < 1.29 is 9.59 Å². The van der Waals surface area contributed by atoms with E-state index in [2.05, 4.69) is 11.2 Å². The highest BCUT2D eigenvalue weighted by atomic mass is 16.2. The molecule has 94 valence electrons. The van der Waals surface area contributed by atoms with Crippen LogP contribution in [0.5, 0.6) is 0 Å². The molecule has 1 rings (SSSR count). The molecular weight excluding hydrogens is 216 g/mol. The number of carbonyl (C=O) groups is 2. The summed E-state index contributed by atoms with van der Waals surface area (Å²) in [7, 11) is 0. The molecule has 1 N–H and O–H groups in total. The highest BCUT2D eigenvalue weighted by Gasteiger charge is 2.34. The lowest BCUT2D eigenvalue weighted by molar-refractivity contribution is -0.145. The Bertz CT molecular complexity index is 333. The van der Waals surface area contributed by atoms with Gasteiger partial charge in [0.05, 0.1) is 6.54 Å². The second-order valence-electron chi connectivity index (χ2n) is 4.50. The van der Waals surface area contributed by atoms with E-state index in [0.29, 0.717) is 13.0 Å². The number of hydrogen-bond acceptors (Lipinski definition) is 2. The molecule has 0 aromatic rings. The van der Waals surface area contributed by atoms with E-state index in [9.17, 15) is 9.59 Å². The van der Waals surface area contributed by atoms with Gasteiger partial charge in [-0.25, -0.2) is 0 Å². The molecule has 0 aromatic heterocycles. The van der Waals surface area contributed by atoms with Crippen molar-refractivity contribution >= 4 is 11.8 Å². The predicted octanol–water partition coefficient (Wildman–Crippen LogP) is 0.773. The molecule has 1 aliphatic rings. The van der Waals surface area contributed by atoms with Gasteiger partial charge in [0.25, 0.3) is 0 Å². The van der Waals surface area contributed by atoms with Crippen LogP contribution in [0.15, 0.2) is 0 Å². The first-order valence-electron chi connectivity index (χ1n) is 6.11. The molecule has 1 fully saturated rings. The van der Waals surface area contributed by atoms with E-state index in [4.69, 9.17) is 6.42 Å². The zero-order chi connectivity index (χ0) is 12.8. The van der Waals surface area contributed by atoms with Crippen LogP contribution in [0.4, 0.5) is 0 Å². The third-order valence-corrected chi connectivity index (χ3v) is 3.19. The number of rotatable bonds is 5. The fourth-order valence-corrected chi connectivity index (χ4v) is 1.91. The fraction of sp³-hybridized carbons (Fsp3) is 0.692. The molecule has 0 bridgehead atoms. The van der Waals surface area contributed by atoms with Crippen LogP contribution < -0.4 is 5.32 Å². The largest absolute Gasteiger partial charge is 0.342 e. The molecular formula is C13H20N2O2. The smallest absolute Gasteiger partial charge is 0.245 e. The molecule has 17 heavy (non-hydrogen) atoms. The summed E-state index contributed by atoms with van der Waals surface area (Å²) in [6, 6.07) is -0.368. The minimum atomic E-state index is -0.368. The number of piperazine rings is 1. The Kier molecular flexibility index (Phi) is 5.02. The third-order valence-electron chi connectivity index (χ3n) is 3.19. The number of unbranched alkanes of at least 4 members (excludes halogenated alkanes) is 1. The summed E-state index contributed by atoms with van der Waals surface area (Å²) >= 11 is 0. The van der Waals surface area contributed by atoms with Crippen LogP contribution in [0.25, 0.3) is 0 Å². The Morgan fingerprint density at radius 1 is 1.59 bits per heavy atom. The first kappa shape index (κ1) is 13.6. The Morgan fingerprint density at radius 3 is 2.88 bits per heavy atom. The lowest BCUT2D eigenvalue weighted by atomic mass is 9.96. The summed E-state index contributed by atoms with van der Waals surface area (Å²) in [5, 5.41) is 2.77. The van der Waals surface area contributed by atoms with Gasteiger partial charge in [-0.3, -0.25) is 9.59 Å². The van der Waals surface area contributed by atoms with Crippen LogP contribution in [0, 0.1) is 18.3 Å². The lowest BCUT2D eigenvalue weighted by Crippen LogP contribution is -2.60. The standard InChI is InChI=1S/C13H20N2O2/c1-4-6-7-8-15-9-11(16)14-12(13(15)17)10(3)5-2/h1,10,12H,5-9H2,2-3H3,(H,14,16). The van der Waals surface area contributed by atoms with Gasteiger partial charge in [-0.05, 0) is 12.3 Å². The van der Waals surface area contributed by atoms with E-state index in [1.54, 1.807) is 4.90 Å². The van der Waals surface area contributed by atoms with E-state index in [-0.39, 0.29) is 30.3 Å². The van der Waals surface area contributed by atoms with E-state index < -0.39 is 0 Å². The van der Waals surface area contributed by atoms with E-state index in [0.717, 1.165) is 12.8 Å².